The summed E-state index contributed by atoms with van der Waals surface area (Å²) in [7, 11) is 1.65. The second kappa shape index (κ2) is 8.10. The van der Waals surface area contributed by atoms with E-state index in [1.165, 1.54) is 0 Å². The number of hydrogen-bond donors (Lipinski definition) is 1. The van der Waals surface area contributed by atoms with Gasteiger partial charge in [0.2, 0.25) is 5.91 Å². The number of benzene rings is 1. The summed E-state index contributed by atoms with van der Waals surface area (Å²) >= 11 is 0. The predicted molar refractivity (Wildman–Crippen MR) is 110 cm³/mol. The van der Waals surface area contributed by atoms with Gasteiger partial charge in [-0.15, -0.1) is 0 Å². The van der Waals surface area contributed by atoms with Crippen LogP contribution in [0.5, 0.6) is 11.5 Å². The first-order valence-corrected chi connectivity index (χ1v) is 10.8. The summed E-state index contributed by atoms with van der Waals surface area (Å²) in [4.78, 5) is 25.1. The maximum Gasteiger partial charge on any atom is 0.303 e. The van der Waals surface area contributed by atoms with Crippen molar-refractivity contribution in [2.24, 2.45) is 11.8 Å². The Kier molecular flexibility index (Phi) is 5.66. The number of carbonyl (C=O) groups excluding carboxylic acids is 1. The number of ether oxygens (including phenoxy) is 3. The number of aliphatic carboxylic acids is 1. The molecule has 3 aliphatic heterocycles. The Bertz CT molecular complexity index is 822. The van der Waals surface area contributed by atoms with Gasteiger partial charge in [0.25, 0.3) is 0 Å². The summed E-state index contributed by atoms with van der Waals surface area (Å²) < 4.78 is 18.6. The molecule has 30 heavy (non-hydrogen) atoms. The first-order valence-electron chi connectivity index (χ1n) is 10.8. The molecule has 164 valence electrons. The second-order valence-electron chi connectivity index (χ2n) is 9.16. The van der Waals surface area contributed by atoms with Crippen LogP contribution in [0.4, 0.5) is 0 Å². The van der Waals surface area contributed by atoms with Gasteiger partial charge in [-0.2, -0.15) is 0 Å². The van der Waals surface area contributed by atoms with Crippen molar-refractivity contribution in [1.82, 2.24) is 4.90 Å². The molecule has 0 saturated carbocycles. The van der Waals surface area contributed by atoms with Gasteiger partial charge in [0.15, 0.2) is 11.5 Å². The monoisotopic (exact) mass is 417 g/mol. The molecule has 4 atom stereocenters. The first kappa shape index (κ1) is 21.0. The number of carbonyl (C=O) groups is 2. The van der Waals surface area contributed by atoms with Crippen molar-refractivity contribution in [3.63, 3.8) is 0 Å². The molecular weight excluding hydrogens is 386 g/mol. The number of likely N-dealkylation sites (tertiary alicyclic amines) is 1. The summed E-state index contributed by atoms with van der Waals surface area (Å²) in [6, 6.07) is 5.95. The molecule has 3 aliphatic rings. The fourth-order valence-corrected chi connectivity index (χ4v) is 5.23. The normalized spacial score (nSPS) is 29.1. The lowest BCUT2D eigenvalue weighted by Crippen LogP contribution is -2.56. The van der Waals surface area contributed by atoms with E-state index in [0.29, 0.717) is 25.9 Å². The van der Waals surface area contributed by atoms with Crippen LogP contribution in [0.15, 0.2) is 18.2 Å². The molecule has 2 fully saturated rings. The van der Waals surface area contributed by atoms with Crippen molar-refractivity contribution in [2.45, 2.75) is 63.8 Å². The van der Waals surface area contributed by atoms with Crippen molar-refractivity contribution in [2.75, 3.05) is 20.2 Å². The highest BCUT2D eigenvalue weighted by Gasteiger charge is 2.52. The third-order valence-corrected chi connectivity index (χ3v) is 6.84. The van der Waals surface area contributed by atoms with E-state index in [0.717, 1.165) is 29.9 Å². The molecule has 7 nitrogen and oxygen atoms in total. The number of fused-ring (bicyclic) bond motifs is 4. The van der Waals surface area contributed by atoms with E-state index in [2.05, 4.69) is 19.9 Å². The van der Waals surface area contributed by atoms with Crippen molar-refractivity contribution in [3.8, 4) is 11.5 Å². The Morgan fingerprint density at radius 2 is 2.10 bits per heavy atom. The largest absolute Gasteiger partial charge is 0.493 e. The molecule has 0 unspecified atom stereocenters. The van der Waals surface area contributed by atoms with Gasteiger partial charge >= 0.3 is 5.97 Å². The number of amides is 1. The van der Waals surface area contributed by atoms with Crippen LogP contribution in [0.3, 0.4) is 0 Å². The van der Waals surface area contributed by atoms with Crippen LogP contribution in [0.25, 0.3) is 0 Å². The van der Waals surface area contributed by atoms with Gasteiger partial charge in [0.1, 0.15) is 5.60 Å². The molecule has 4 rings (SSSR count). The predicted octanol–water partition coefficient (Wildman–Crippen LogP) is 3.42. The average Bonchev–Trinajstić information content (AvgIpc) is 2.71. The Balaban J connectivity index is 1.48. The Morgan fingerprint density at radius 1 is 1.30 bits per heavy atom. The van der Waals surface area contributed by atoms with Crippen LogP contribution < -0.4 is 9.47 Å². The number of methoxy groups -OCH3 is 1. The van der Waals surface area contributed by atoms with E-state index in [-0.39, 0.29) is 36.4 Å². The molecular formula is C23H31NO6. The molecule has 1 aromatic rings. The van der Waals surface area contributed by atoms with E-state index < -0.39 is 11.6 Å². The number of piperidine rings is 1. The highest BCUT2D eigenvalue weighted by atomic mass is 16.5. The Labute approximate surface area is 177 Å². The highest BCUT2D eigenvalue weighted by molar-refractivity contribution is 5.77. The third-order valence-electron chi connectivity index (χ3n) is 6.84. The van der Waals surface area contributed by atoms with Crippen LogP contribution >= 0.6 is 0 Å². The van der Waals surface area contributed by atoms with E-state index in [1.807, 2.05) is 17.0 Å². The van der Waals surface area contributed by atoms with Gasteiger partial charge < -0.3 is 24.2 Å². The van der Waals surface area contributed by atoms with Crippen LogP contribution in [0.2, 0.25) is 0 Å². The number of carboxylic acid groups (broad SMARTS) is 1. The zero-order valence-electron chi connectivity index (χ0n) is 17.9. The molecule has 7 heteroatoms. The SMILES string of the molecule is COc1cccc2c1OC(C)(C)[C@@H]1C[C@H]3CN(C(=O)CCCC(=O)O)CC[C@H]3O[C@@H]21. The molecule has 0 radical (unpaired) electrons. The van der Waals surface area contributed by atoms with Gasteiger partial charge in [-0.3, -0.25) is 9.59 Å². The van der Waals surface area contributed by atoms with Crippen molar-refractivity contribution in [1.29, 1.82) is 0 Å². The molecule has 3 heterocycles. The zero-order chi connectivity index (χ0) is 21.5. The topological polar surface area (TPSA) is 85.3 Å². The molecule has 0 aromatic heterocycles. The Morgan fingerprint density at radius 3 is 2.83 bits per heavy atom. The standard InChI is InChI=1S/C23H31NO6/c1-23(2)16-12-14-13-24(19(25)8-5-9-20(26)27)11-10-17(14)29-21(16)15-6-4-7-18(28-3)22(15)30-23/h4,6-7,14,16-17,21H,5,8-13H2,1-3H3,(H,26,27)/t14-,16+,17+,21-/m0/s1. The smallest absolute Gasteiger partial charge is 0.303 e. The lowest BCUT2D eigenvalue weighted by molar-refractivity contribution is -0.189. The van der Waals surface area contributed by atoms with Crippen LogP contribution in [0, 0.1) is 11.8 Å². The quantitative estimate of drug-likeness (QED) is 0.790. The number of nitrogens with zero attached hydrogens (tertiary/aromatic N) is 1. The van der Waals surface area contributed by atoms with E-state index in [9.17, 15) is 9.59 Å². The van der Waals surface area contributed by atoms with Crippen LogP contribution in [-0.4, -0.2) is 53.8 Å². The Hall–Kier alpha value is -2.28. The maximum absolute atomic E-state index is 12.6. The minimum absolute atomic E-state index is 0.0346. The number of para-hydroxylation sites is 1. The van der Waals surface area contributed by atoms with Crippen molar-refractivity contribution >= 4 is 11.9 Å². The summed E-state index contributed by atoms with van der Waals surface area (Å²) in [5.74, 6) is 1.14. The molecule has 0 bridgehead atoms. The van der Waals surface area contributed by atoms with Crippen LogP contribution in [0.1, 0.15) is 57.6 Å². The number of hydrogen-bond acceptors (Lipinski definition) is 5. The van der Waals surface area contributed by atoms with Gasteiger partial charge in [0, 0.05) is 43.3 Å². The van der Waals surface area contributed by atoms with E-state index in [4.69, 9.17) is 19.3 Å². The fraction of sp³-hybridized carbons (Fsp3) is 0.652. The molecule has 0 aliphatic carbocycles. The average molecular weight is 418 g/mol. The molecule has 1 aromatic carbocycles. The third kappa shape index (κ3) is 3.87. The first-order chi connectivity index (χ1) is 14.3. The summed E-state index contributed by atoms with van der Waals surface area (Å²) in [6.07, 6.45) is 2.52. The second-order valence-corrected chi connectivity index (χ2v) is 9.16. The van der Waals surface area contributed by atoms with Crippen molar-refractivity contribution < 1.29 is 28.9 Å². The zero-order valence-corrected chi connectivity index (χ0v) is 17.9. The number of carboxylic acids is 1. The summed E-state index contributed by atoms with van der Waals surface area (Å²) in [6.45, 7) is 5.53. The lowest BCUT2D eigenvalue weighted by atomic mass is 9.70. The highest BCUT2D eigenvalue weighted by Crippen LogP contribution is 2.55. The summed E-state index contributed by atoms with van der Waals surface area (Å²) in [5, 5.41) is 8.79. The minimum Gasteiger partial charge on any atom is -0.493 e. The lowest BCUT2D eigenvalue weighted by Gasteiger charge is -2.53. The van der Waals surface area contributed by atoms with E-state index in [1.54, 1.807) is 7.11 Å². The van der Waals surface area contributed by atoms with Gasteiger partial charge in [-0.05, 0) is 39.2 Å². The molecule has 0 spiro atoms. The van der Waals surface area contributed by atoms with Crippen LogP contribution in [-0.2, 0) is 14.3 Å². The van der Waals surface area contributed by atoms with Gasteiger partial charge in [-0.1, -0.05) is 12.1 Å². The van der Waals surface area contributed by atoms with E-state index >= 15 is 0 Å². The minimum atomic E-state index is -0.857. The van der Waals surface area contributed by atoms with Crippen molar-refractivity contribution in [3.05, 3.63) is 23.8 Å². The number of rotatable bonds is 5. The van der Waals surface area contributed by atoms with Gasteiger partial charge in [0.05, 0.1) is 19.3 Å². The molecule has 1 amide bonds. The molecule has 1 N–H and O–H groups in total. The van der Waals surface area contributed by atoms with Gasteiger partial charge in [-0.25, -0.2) is 0 Å². The summed E-state index contributed by atoms with van der Waals surface area (Å²) in [5.41, 5.74) is 0.634. The maximum atomic E-state index is 12.6. The molecule has 2 saturated heterocycles. The fourth-order valence-electron chi connectivity index (χ4n) is 5.23.